The third kappa shape index (κ3) is 9.18. The van der Waals surface area contributed by atoms with Crippen LogP contribution in [0, 0.1) is 0 Å². The minimum Gasteiger partial charge on any atom is -0.507 e. The van der Waals surface area contributed by atoms with Crippen molar-refractivity contribution in [3.63, 3.8) is 0 Å². The van der Waals surface area contributed by atoms with Crippen LogP contribution < -0.4 is 0 Å². The van der Waals surface area contributed by atoms with E-state index in [0.29, 0.717) is 0 Å². The molecule has 1 aromatic carbocycles. The molecule has 0 aliphatic heterocycles. The highest BCUT2D eigenvalue weighted by Gasteiger charge is 2.05. The smallest absolute Gasteiger partial charge is 0.339 e. The number of benzene rings is 1. The Morgan fingerprint density at radius 1 is 1.19 bits per heavy atom. The Morgan fingerprint density at radius 2 is 1.56 bits per heavy atom. The summed E-state index contributed by atoms with van der Waals surface area (Å²) in [4.78, 5) is 19.7. The second kappa shape index (κ2) is 10.1. The summed E-state index contributed by atoms with van der Waals surface area (Å²) < 4.78 is 0.0833. The van der Waals surface area contributed by atoms with E-state index < -0.39 is 5.97 Å². The molecular weight excluding hydrogens is 231 g/mol. The fourth-order valence-corrected chi connectivity index (χ4v) is 0.654. The molecule has 0 bridgehead atoms. The number of carbonyl (C=O) groups excluding carboxylic acids is 1. The van der Waals surface area contributed by atoms with Crippen LogP contribution in [0.15, 0.2) is 24.3 Å². The highest BCUT2D eigenvalue weighted by atomic mass is 27.0. The second-order valence-corrected chi connectivity index (χ2v) is 3.25. The van der Waals surface area contributed by atoms with Crippen LogP contribution in [0.4, 0.5) is 0 Å². The van der Waals surface area contributed by atoms with Crippen LogP contribution in [-0.2, 0) is 4.79 Å². The minimum atomic E-state index is -1.11. The molecule has 0 heterocycles. The molecule has 0 fully saturated rings. The van der Waals surface area contributed by atoms with E-state index in [4.69, 9.17) is 10.2 Å². The van der Waals surface area contributed by atoms with E-state index in [1.807, 2.05) is 16.3 Å². The molecule has 0 saturated heterocycles. The lowest BCUT2D eigenvalue weighted by Gasteiger charge is -1.95. The van der Waals surface area contributed by atoms with Gasteiger partial charge in [0, 0.05) is 4.65 Å². The third-order valence-corrected chi connectivity index (χ3v) is 1.13. The van der Waals surface area contributed by atoms with Crippen molar-refractivity contribution in [2.45, 2.75) is 6.92 Å². The van der Waals surface area contributed by atoms with Crippen molar-refractivity contribution < 1.29 is 30.8 Å². The number of hydrogen-bond donors (Lipinski definition) is 2. The normalized spacial score (nSPS) is 7.31. The van der Waals surface area contributed by atoms with Gasteiger partial charge in [-0.05, 0) is 19.1 Å². The molecule has 0 aliphatic rings. The monoisotopic (exact) mass is 244 g/mol. The summed E-state index contributed by atoms with van der Waals surface area (Å²) >= 11 is 2.02. The van der Waals surface area contributed by atoms with Crippen molar-refractivity contribution in [1.29, 1.82) is 0 Å². The van der Waals surface area contributed by atoms with Gasteiger partial charge in [0.1, 0.15) is 11.3 Å². The summed E-state index contributed by atoms with van der Waals surface area (Å²) in [6, 6.07) is 5.81. The average molecular weight is 244 g/mol. The zero-order valence-electron chi connectivity index (χ0n) is 8.60. The quantitative estimate of drug-likeness (QED) is 0.620. The summed E-state index contributed by atoms with van der Waals surface area (Å²) in [6.45, 7) is 1.49. The molecule has 0 spiro atoms. The Morgan fingerprint density at radius 3 is 1.81 bits per heavy atom. The molecule has 0 atom stereocenters. The highest BCUT2D eigenvalue weighted by Crippen LogP contribution is 2.14. The lowest BCUT2D eigenvalue weighted by Crippen LogP contribution is -1.95. The van der Waals surface area contributed by atoms with Gasteiger partial charge >= 0.3 is 5.97 Å². The van der Waals surface area contributed by atoms with Crippen LogP contribution in [0.3, 0.4) is 0 Å². The van der Waals surface area contributed by atoms with Gasteiger partial charge in [-0.3, -0.25) is 0 Å². The number of aromatic hydroxyl groups is 1. The molecule has 16 heavy (non-hydrogen) atoms. The number of carboxylic acids is 1. The van der Waals surface area contributed by atoms with Crippen LogP contribution in [0.2, 0.25) is 0 Å². The zero-order chi connectivity index (χ0) is 11.1. The first kappa shape index (κ1) is 20.1. The molecule has 0 saturated carbocycles. The number of para-hydroxylation sites is 1. The standard InChI is InChI=1S/C7H6O3.C2H3O.Al.2H2O/c8-6-4-2-1-3-5(6)7(9)10;1-2-3;;;/h1-4,8H,(H,9,10);1H3;;2*1H2. The van der Waals surface area contributed by atoms with Crippen molar-refractivity contribution in [3.05, 3.63) is 29.8 Å². The molecule has 0 aliphatic carbocycles. The van der Waals surface area contributed by atoms with E-state index in [2.05, 4.69) is 0 Å². The summed E-state index contributed by atoms with van der Waals surface area (Å²) in [5, 5.41) is 17.3. The largest absolute Gasteiger partial charge is 0.507 e. The first-order valence-electron chi connectivity index (χ1n) is 3.72. The van der Waals surface area contributed by atoms with Gasteiger partial charge in [0.15, 0.2) is 0 Å². The molecular formula is C9H13AlO6. The second-order valence-electron chi connectivity index (χ2n) is 2.43. The number of carboxylic acid groups (broad SMARTS) is 1. The van der Waals surface area contributed by atoms with E-state index in [1.165, 1.54) is 19.1 Å². The zero-order valence-corrected chi connectivity index (χ0v) is 9.75. The van der Waals surface area contributed by atoms with Crippen LogP contribution in [0.1, 0.15) is 17.3 Å². The lowest BCUT2D eigenvalue weighted by atomic mass is 10.2. The summed E-state index contributed by atoms with van der Waals surface area (Å²) in [5.41, 5.74) is -0.0671. The number of aromatic carboxylic acids is 1. The van der Waals surface area contributed by atoms with Gasteiger partial charge < -0.3 is 26.0 Å². The molecule has 6 N–H and O–H groups in total. The number of rotatable bonds is 1. The predicted molar refractivity (Wildman–Crippen MR) is 58.7 cm³/mol. The summed E-state index contributed by atoms with van der Waals surface area (Å²) in [5.74, 6) is -1.31. The van der Waals surface area contributed by atoms with Crippen LogP contribution >= 0.6 is 0 Å². The van der Waals surface area contributed by atoms with E-state index in [1.54, 1.807) is 12.1 Å². The Hall–Kier alpha value is -1.39. The average Bonchev–Trinajstić information content (AvgIpc) is 2.03. The number of hydrogen-bond acceptors (Lipinski definition) is 3. The molecule has 7 heteroatoms. The SMILES string of the molecule is C[C](=O)[Al].O.O.O=C(O)c1ccccc1O. The Labute approximate surface area is 101 Å². The van der Waals surface area contributed by atoms with E-state index in [-0.39, 0.29) is 26.9 Å². The molecule has 6 nitrogen and oxygen atoms in total. The van der Waals surface area contributed by atoms with Gasteiger partial charge in [-0.25, -0.2) is 4.79 Å². The van der Waals surface area contributed by atoms with Gasteiger partial charge in [0.25, 0.3) is 0 Å². The minimum absolute atomic E-state index is 0. The maximum Gasteiger partial charge on any atom is 0.339 e. The van der Waals surface area contributed by atoms with Crippen LogP contribution in [-0.4, -0.2) is 48.1 Å². The van der Waals surface area contributed by atoms with Crippen molar-refractivity contribution in [2.24, 2.45) is 0 Å². The van der Waals surface area contributed by atoms with Gasteiger partial charge in [0.2, 0.25) is 16.3 Å². The first-order valence-corrected chi connectivity index (χ1v) is 4.30. The fraction of sp³-hybridized carbons (Fsp3) is 0.111. The Balaban J connectivity index is -0.000000249. The molecule has 0 aromatic heterocycles. The van der Waals surface area contributed by atoms with E-state index >= 15 is 0 Å². The van der Waals surface area contributed by atoms with Gasteiger partial charge in [-0.1, -0.05) is 12.1 Å². The van der Waals surface area contributed by atoms with Crippen molar-refractivity contribution in [1.82, 2.24) is 0 Å². The topological polar surface area (TPSA) is 138 Å². The summed E-state index contributed by atoms with van der Waals surface area (Å²) in [7, 11) is 0. The predicted octanol–water partition coefficient (Wildman–Crippen LogP) is -0.858. The lowest BCUT2D eigenvalue weighted by molar-refractivity contribution is -0.109. The third-order valence-electron chi connectivity index (χ3n) is 1.13. The first-order chi connectivity index (χ1) is 6.45. The molecule has 1 rings (SSSR count). The summed E-state index contributed by atoms with van der Waals surface area (Å²) in [6.07, 6.45) is 0. The molecule has 0 unspecified atom stereocenters. The van der Waals surface area contributed by atoms with Crippen molar-refractivity contribution in [2.75, 3.05) is 0 Å². The van der Waals surface area contributed by atoms with Crippen LogP contribution in [0.25, 0.3) is 0 Å². The van der Waals surface area contributed by atoms with E-state index in [0.717, 1.165) is 0 Å². The number of carbonyl (C=O) groups is 2. The maximum absolute atomic E-state index is 10.3. The molecule has 88 valence electrons. The van der Waals surface area contributed by atoms with Crippen molar-refractivity contribution >= 4 is 26.9 Å². The molecule has 0 amide bonds. The Bertz CT molecular complexity index is 335. The van der Waals surface area contributed by atoms with Gasteiger partial charge in [-0.15, -0.1) is 0 Å². The molecule has 2 radical (unpaired) electrons. The van der Waals surface area contributed by atoms with E-state index in [9.17, 15) is 9.59 Å². The number of phenols is 1. The van der Waals surface area contributed by atoms with Crippen molar-refractivity contribution in [3.8, 4) is 5.75 Å². The van der Waals surface area contributed by atoms with Gasteiger partial charge in [-0.2, -0.15) is 0 Å². The highest BCUT2D eigenvalue weighted by molar-refractivity contribution is 6.56. The Kier molecular flexibility index (Phi) is 12.7. The van der Waals surface area contributed by atoms with Gasteiger partial charge in [0.05, 0.1) is 0 Å². The fourth-order valence-electron chi connectivity index (χ4n) is 0.654. The maximum atomic E-state index is 10.3. The van der Waals surface area contributed by atoms with Crippen LogP contribution in [0.5, 0.6) is 5.75 Å². The molecule has 1 aromatic rings.